The summed E-state index contributed by atoms with van der Waals surface area (Å²) in [5, 5.41) is 0.230. The average Bonchev–Trinajstić information content (AvgIpc) is 1.83. The number of halogens is 1. The van der Waals surface area contributed by atoms with Crippen LogP contribution in [0.15, 0.2) is 0 Å². The molecule has 0 aromatic carbocycles. The molecule has 0 aromatic rings. The van der Waals surface area contributed by atoms with E-state index in [4.69, 9.17) is 18.0 Å². The Morgan fingerprint density at radius 2 is 1.73 bits per heavy atom. The molecule has 0 aromatic heterocycles. The van der Waals surface area contributed by atoms with Crippen molar-refractivity contribution < 1.29 is 0 Å². The molecule has 0 nitrogen and oxygen atoms in total. The Morgan fingerprint density at radius 1 is 1.36 bits per heavy atom. The molecule has 0 heterocycles. The first-order chi connectivity index (χ1) is 4.73. The van der Waals surface area contributed by atoms with E-state index in [-0.39, 0.29) is 10.0 Å². The second-order valence-corrected chi connectivity index (χ2v) is 10.8. The minimum atomic E-state index is -1.48. The summed E-state index contributed by atoms with van der Waals surface area (Å²) in [5.41, 5.74) is 0. The molecule has 1 atom stereocenters. The molecular formula is C9H17ClSi. The Labute approximate surface area is 76.3 Å². The summed E-state index contributed by atoms with van der Waals surface area (Å²) in [7, 11) is -1.48. The van der Waals surface area contributed by atoms with Crippen LogP contribution in [0.1, 0.15) is 20.8 Å². The molecule has 0 saturated heterocycles. The first kappa shape index (κ1) is 11.1. The Hall–Kier alpha value is 0.0669. The first-order valence-corrected chi connectivity index (χ1v) is 7.35. The molecule has 0 aliphatic heterocycles. The number of alkyl halides is 1. The van der Waals surface area contributed by atoms with Crippen LogP contribution in [-0.4, -0.2) is 13.1 Å². The summed E-state index contributed by atoms with van der Waals surface area (Å²) in [4.78, 5) is 0. The maximum atomic E-state index is 6.07. The van der Waals surface area contributed by atoms with E-state index in [0.29, 0.717) is 0 Å². The molecule has 0 aliphatic carbocycles. The molecule has 2 heteroatoms. The van der Waals surface area contributed by atoms with E-state index in [1.54, 1.807) is 0 Å². The Morgan fingerprint density at radius 3 is 1.82 bits per heavy atom. The van der Waals surface area contributed by atoms with Crippen molar-refractivity contribution in [2.24, 2.45) is 0 Å². The van der Waals surface area contributed by atoms with E-state index >= 15 is 0 Å². The van der Waals surface area contributed by atoms with Crippen molar-refractivity contribution >= 4 is 19.7 Å². The molecule has 11 heavy (non-hydrogen) atoms. The Balaban J connectivity index is 4.62. The second-order valence-electron chi connectivity index (χ2n) is 4.50. The van der Waals surface area contributed by atoms with Gasteiger partial charge in [0.15, 0.2) is 0 Å². The van der Waals surface area contributed by atoms with E-state index in [1.807, 2.05) is 0 Å². The second kappa shape index (κ2) is 3.21. The summed E-state index contributed by atoms with van der Waals surface area (Å²) in [6.07, 6.45) is 5.31. The largest absolute Gasteiger partial charge is 0.119 e. The van der Waals surface area contributed by atoms with E-state index in [2.05, 4.69) is 39.8 Å². The summed E-state index contributed by atoms with van der Waals surface area (Å²) in [5.74, 6) is 2.64. The highest BCUT2D eigenvalue weighted by Gasteiger charge is 2.40. The van der Waals surface area contributed by atoms with E-state index in [0.717, 1.165) is 0 Å². The zero-order valence-electron chi connectivity index (χ0n) is 8.03. The maximum Gasteiger partial charge on any atom is 0.0884 e. The average molecular weight is 189 g/mol. The highest BCUT2D eigenvalue weighted by molar-refractivity contribution is 6.88. The molecule has 1 unspecified atom stereocenters. The fourth-order valence-corrected chi connectivity index (χ4v) is 2.75. The predicted molar refractivity (Wildman–Crippen MR) is 55.7 cm³/mol. The van der Waals surface area contributed by atoms with Gasteiger partial charge in [0, 0.05) is 0 Å². The highest BCUT2D eigenvalue weighted by Crippen LogP contribution is 2.39. The van der Waals surface area contributed by atoms with Crippen LogP contribution in [0.25, 0.3) is 0 Å². The third-order valence-electron chi connectivity index (χ3n) is 2.71. The topological polar surface area (TPSA) is 0 Å². The quantitative estimate of drug-likeness (QED) is 0.337. The molecule has 64 valence electrons. The van der Waals surface area contributed by atoms with Crippen LogP contribution in [0.2, 0.25) is 18.1 Å². The molecule has 0 spiro atoms. The van der Waals surface area contributed by atoms with Crippen molar-refractivity contribution in [3.05, 3.63) is 0 Å². The Kier molecular flexibility index (Phi) is 3.23. The van der Waals surface area contributed by atoms with Gasteiger partial charge in [-0.3, -0.25) is 0 Å². The SMILES string of the molecule is C#CC(Cl)[Si](C)(C)C(C)(C)C. The van der Waals surface area contributed by atoms with Gasteiger partial charge in [0.05, 0.1) is 13.1 Å². The molecule has 0 rings (SSSR count). The number of rotatable bonds is 1. The van der Waals surface area contributed by atoms with Gasteiger partial charge in [0.25, 0.3) is 0 Å². The summed E-state index contributed by atoms with van der Waals surface area (Å²) in [6, 6.07) is 0. The normalized spacial score (nSPS) is 15.7. The Bertz CT molecular complexity index is 171. The zero-order chi connectivity index (χ0) is 9.28. The fraction of sp³-hybridized carbons (Fsp3) is 0.778. The van der Waals surface area contributed by atoms with Gasteiger partial charge in [-0.15, -0.1) is 18.0 Å². The first-order valence-electron chi connectivity index (χ1n) is 3.83. The number of hydrogen-bond donors (Lipinski definition) is 0. The van der Waals surface area contributed by atoms with Gasteiger partial charge in [0.2, 0.25) is 0 Å². The minimum Gasteiger partial charge on any atom is -0.119 e. The van der Waals surface area contributed by atoms with Crippen LogP contribution in [0.5, 0.6) is 0 Å². The molecule has 0 fully saturated rings. The number of terminal acetylenes is 1. The van der Waals surface area contributed by atoms with E-state index in [1.165, 1.54) is 0 Å². The lowest BCUT2D eigenvalue weighted by Gasteiger charge is -2.38. The molecule has 0 aliphatic rings. The van der Waals surface area contributed by atoms with Crippen LogP contribution < -0.4 is 0 Å². The number of hydrogen-bond acceptors (Lipinski definition) is 0. The highest BCUT2D eigenvalue weighted by atomic mass is 35.5. The van der Waals surface area contributed by atoms with Crippen LogP contribution in [0, 0.1) is 12.3 Å². The van der Waals surface area contributed by atoms with Crippen molar-refractivity contribution in [2.75, 3.05) is 0 Å². The van der Waals surface area contributed by atoms with Crippen LogP contribution in [-0.2, 0) is 0 Å². The summed E-state index contributed by atoms with van der Waals surface area (Å²) >= 11 is 6.07. The predicted octanol–water partition coefficient (Wildman–Crippen LogP) is 3.27. The smallest absolute Gasteiger partial charge is 0.0884 e. The lowest BCUT2D eigenvalue weighted by atomic mass is 10.2. The van der Waals surface area contributed by atoms with Gasteiger partial charge in [-0.1, -0.05) is 39.8 Å². The minimum absolute atomic E-state index is 0.0532. The van der Waals surface area contributed by atoms with Crippen molar-refractivity contribution in [3.63, 3.8) is 0 Å². The summed E-state index contributed by atoms with van der Waals surface area (Å²) in [6.45, 7) is 11.1. The van der Waals surface area contributed by atoms with Crippen molar-refractivity contribution in [1.82, 2.24) is 0 Å². The van der Waals surface area contributed by atoms with Gasteiger partial charge < -0.3 is 0 Å². The fourth-order valence-electron chi connectivity index (χ4n) is 0.589. The molecule has 0 N–H and O–H groups in total. The van der Waals surface area contributed by atoms with Crippen molar-refractivity contribution in [2.45, 2.75) is 43.9 Å². The maximum absolute atomic E-state index is 6.07. The lowest BCUT2D eigenvalue weighted by molar-refractivity contribution is 0.717. The van der Waals surface area contributed by atoms with E-state index < -0.39 is 8.07 Å². The summed E-state index contributed by atoms with van der Waals surface area (Å²) < 4.78 is 0. The van der Waals surface area contributed by atoms with Gasteiger partial charge in [-0.05, 0) is 5.04 Å². The van der Waals surface area contributed by atoms with Gasteiger partial charge in [0.1, 0.15) is 0 Å². The third-order valence-corrected chi connectivity index (χ3v) is 9.78. The molecule has 0 bridgehead atoms. The van der Waals surface area contributed by atoms with Gasteiger partial charge in [-0.25, -0.2) is 0 Å². The van der Waals surface area contributed by atoms with Gasteiger partial charge >= 0.3 is 0 Å². The van der Waals surface area contributed by atoms with Crippen LogP contribution >= 0.6 is 11.6 Å². The standard InChI is InChI=1S/C9H17ClSi/c1-7-8(10)11(5,6)9(2,3)4/h1,8H,2-6H3. The molecule has 0 saturated carbocycles. The van der Waals surface area contributed by atoms with E-state index in [9.17, 15) is 0 Å². The monoisotopic (exact) mass is 188 g/mol. The van der Waals surface area contributed by atoms with Crippen LogP contribution in [0.3, 0.4) is 0 Å². The molecular weight excluding hydrogens is 172 g/mol. The third kappa shape index (κ3) is 2.25. The van der Waals surface area contributed by atoms with Gasteiger partial charge in [-0.2, -0.15) is 0 Å². The molecule has 0 radical (unpaired) electrons. The molecule has 0 amide bonds. The van der Waals surface area contributed by atoms with Crippen molar-refractivity contribution in [1.29, 1.82) is 0 Å². The van der Waals surface area contributed by atoms with Crippen LogP contribution in [0.4, 0.5) is 0 Å². The zero-order valence-corrected chi connectivity index (χ0v) is 9.79. The van der Waals surface area contributed by atoms with Crippen molar-refractivity contribution in [3.8, 4) is 12.3 Å². The lowest BCUT2D eigenvalue weighted by Crippen LogP contribution is -2.45.